The molecule has 0 aromatic carbocycles. The van der Waals surface area contributed by atoms with E-state index >= 15 is 0 Å². The summed E-state index contributed by atoms with van der Waals surface area (Å²) in [6, 6.07) is 10.4. The van der Waals surface area contributed by atoms with E-state index in [1.807, 2.05) is 18.2 Å². The van der Waals surface area contributed by atoms with Gasteiger partial charge in [0.2, 0.25) is 0 Å². The minimum atomic E-state index is -0.357. The van der Waals surface area contributed by atoms with E-state index in [1.54, 1.807) is 48.4 Å². The molecule has 0 radical (unpaired) electrons. The van der Waals surface area contributed by atoms with Gasteiger partial charge >= 0.3 is 0 Å². The highest BCUT2D eigenvalue weighted by Crippen LogP contribution is 2.21. The molecule has 1 N–H and O–H groups in total. The Morgan fingerprint density at radius 2 is 1.97 bits per heavy atom. The van der Waals surface area contributed by atoms with E-state index < -0.39 is 0 Å². The standard InChI is InChI=1S/C22H22N4O3/c1-25-12-2-3-18(22(25)29)21(28)24-17-5-6-19-16(13-17)4-7-20(27)26(19)14-15-8-10-23-11-9-15/h2-4,7-12,17H,5-6,13-14H2,1H3,(H,24,28). The van der Waals surface area contributed by atoms with Crippen LogP contribution in [0.3, 0.4) is 0 Å². The lowest BCUT2D eigenvalue weighted by Gasteiger charge is -2.27. The Morgan fingerprint density at radius 1 is 1.17 bits per heavy atom. The number of aromatic nitrogens is 3. The van der Waals surface area contributed by atoms with Crippen molar-refractivity contribution in [2.24, 2.45) is 7.05 Å². The molecule has 0 bridgehead atoms. The van der Waals surface area contributed by atoms with Gasteiger partial charge in [0.15, 0.2) is 0 Å². The molecule has 3 heterocycles. The third-order valence-corrected chi connectivity index (χ3v) is 5.38. The van der Waals surface area contributed by atoms with Gasteiger partial charge in [-0.25, -0.2) is 0 Å². The number of pyridine rings is 3. The van der Waals surface area contributed by atoms with Crippen LogP contribution in [0, 0.1) is 0 Å². The molecule has 1 atom stereocenters. The van der Waals surface area contributed by atoms with Crippen LogP contribution in [0.25, 0.3) is 0 Å². The number of rotatable bonds is 4. The number of nitrogens with zero attached hydrogens (tertiary/aromatic N) is 3. The topological polar surface area (TPSA) is 86.0 Å². The Morgan fingerprint density at radius 3 is 2.76 bits per heavy atom. The highest BCUT2D eigenvalue weighted by atomic mass is 16.2. The zero-order chi connectivity index (χ0) is 20.4. The van der Waals surface area contributed by atoms with Crippen molar-refractivity contribution in [3.8, 4) is 0 Å². The number of carbonyl (C=O) groups is 1. The van der Waals surface area contributed by atoms with Gasteiger partial charge in [-0.05, 0) is 54.7 Å². The highest BCUT2D eigenvalue weighted by Gasteiger charge is 2.24. The van der Waals surface area contributed by atoms with E-state index in [9.17, 15) is 14.4 Å². The highest BCUT2D eigenvalue weighted by molar-refractivity contribution is 5.94. The Labute approximate surface area is 167 Å². The van der Waals surface area contributed by atoms with Gasteiger partial charge in [-0.3, -0.25) is 19.4 Å². The molecule has 0 saturated heterocycles. The first kappa shape index (κ1) is 18.9. The largest absolute Gasteiger partial charge is 0.349 e. The predicted octanol–water partition coefficient (Wildman–Crippen LogP) is 1.28. The van der Waals surface area contributed by atoms with E-state index in [2.05, 4.69) is 10.3 Å². The van der Waals surface area contributed by atoms with Crippen LogP contribution in [0.5, 0.6) is 0 Å². The van der Waals surface area contributed by atoms with Gasteiger partial charge in [-0.1, -0.05) is 6.07 Å². The molecule has 1 aliphatic rings. The Balaban J connectivity index is 1.54. The molecule has 1 amide bonds. The second-order valence-electron chi connectivity index (χ2n) is 7.34. The van der Waals surface area contributed by atoms with Crippen LogP contribution in [0.4, 0.5) is 0 Å². The Bertz CT molecular complexity index is 1160. The Hall–Kier alpha value is -3.48. The summed E-state index contributed by atoms with van der Waals surface area (Å²) in [5.41, 5.74) is 2.88. The van der Waals surface area contributed by atoms with Gasteiger partial charge in [0.25, 0.3) is 17.0 Å². The maximum absolute atomic E-state index is 12.6. The summed E-state index contributed by atoms with van der Waals surface area (Å²) in [6.45, 7) is 0.502. The van der Waals surface area contributed by atoms with Crippen molar-refractivity contribution >= 4 is 5.91 Å². The number of carbonyl (C=O) groups excluding carboxylic acids is 1. The first-order valence-corrected chi connectivity index (χ1v) is 9.60. The van der Waals surface area contributed by atoms with Crippen molar-refractivity contribution < 1.29 is 4.79 Å². The van der Waals surface area contributed by atoms with Crippen LogP contribution in [0.1, 0.15) is 33.6 Å². The fourth-order valence-corrected chi connectivity index (χ4v) is 3.82. The van der Waals surface area contributed by atoms with E-state index in [4.69, 9.17) is 0 Å². The zero-order valence-electron chi connectivity index (χ0n) is 16.2. The molecule has 0 fully saturated rings. The normalized spacial score (nSPS) is 15.6. The number of hydrogen-bond acceptors (Lipinski definition) is 4. The summed E-state index contributed by atoms with van der Waals surface area (Å²) in [5, 5.41) is 2.98. The van der Waals surface area contributed by atoms with Gasteiger partial charge in [-0.2, -0.15) is 0 Å². The van der Waals surface area contributed by atoms with Crippen LogP contribution in [-0.2, 0) is 26.4 Å². The molecule has 1 unspecified atom stereocenters. The summed E-state index contributed by atoms with van der Waals surface area (Å²) >= 11 is 0. The van der Waals surface area contributed by atoms with Gasteiger partial charge in [0.05, 0.1) is 6.54 Å². The van der Waals surface area contributed by atoms with Crippen molar-refractivity contribution in [2.75, 3.05) is 0 Å². The quantitative estimate of drug-likeness (QED) is 0.727. The molecule has 3 aromatic heterocycles. The summed E-state index contributed by atoms with van der Waals surface area (Å²) in [4.78, 5) is 41.2. The molecule has 148 valence electrons. The second kappa shape index (κ2) is 7.87. The van der Waals surface area contributed by atoms with Crippen molar-refractivity contribution in [2.45, 2.75) is 31.8 Å². The number of nitrogens with one attached hydrogen (secondary N) is 1. The van der Waals surface area contributed by atoms with Gasteiger partial charge in [0.1, 0.15) is 5.56 Å². The van der Waals surface area contributed by atoms with Gasteiger partial charge in [0, 0.05) is 43.4 Å². The predicted molar refractivity (Wildman–Crippen MR) is 109 cm³/mol. The van der Waals surface area contributed by atoms with Crippen molar-refractivity contribution in [3.63, 3.8) is 0 Å². The smallest absolute Gasteiger partial charge is 0.263 e. The average molecular weight is 390 g/mol. The SMILES string of the molecule is Cn1cccc(C(=O)NC2CCc3c(ccc(=O)n3Cc3ccncc3)C2)c1=O. The number of aryl methyl sites for hydroxylation is 1. The average Bonchev–Trinajstić information content (AvgIpc) is 2.73. The fraction of sp³-hybridized carbons (Fsp3) is 0.273. The van der Waals surface area contributed by atoms with Crippen LogP contribution in [0.15, 0.2) is 64.6 Å². The van der Waals surface area contributed by atoms with Crippen LogP contribution in [0.2, 0.25) is 0 Å². The first-order valence-electron chi connectivity index (χ1n) is 9.60. The van der Waals surface area contributed by atoms with Crippen molar-refractivity contribution in [3.05, 3.63) is 98.1 Å². The van der Waals surface area contributed by atoms with E-state index in [1.165, 1.54) is 4.57 Å². The molecule has 7 nitrogen and oxygen atoms in total. The summed E-state index contributed by atoms with van der Waals surface area (Å²) in [5.74, 6) is -0.357. The summed E-state index contributed by atoms with van der Waals surface area (Å²) in [6.07, 6.45) is 7.09. The third-order valence-electron chi connectivity index (χ3n) is 5.38. The third kappa shape index (κ3) is 3.89. The molecule has 7 heteroatoms. The molecule has 3 aromatic rings. The van der Waals surface area contributed by atoms with Crippen LogP contribution >= 0.6 is 0 Å². The lowest BCUT2D eigenvalue weighted by Crippen LogP contribution is -2.42. The molecule has 1 aliphatic carbocycles. The van der Waals surface area contributed by atoms with Crippen LogP contribution in [-0.4, -0.2) is 26.1 Å². The van der Waals surface area contributed by atoms with Gasteiger partial charge in [-0.15, -0.1) is 0 Å². The lowest BCUT2D eigenvalue weighted by molar-refractivity contribution is 0.0931. The van der Waals surface area contributed by atoms with E-state index in [-0.39, 0.29) is 28.6 Å². The van der Waals surface area contributed by atoms with Crippen molar-refractivity contribution in [1.82, 2.24) is 19.4 Å². The maximum atomic E-state index is 12.6. The molecular formula is C22H22N4O3. The fourth-order valence-electron chi connectivity index (χ4n) is 3.82. The second-order valence-corrected chi connectivity index (χ2v) is 7.34. The summed E-state index contributed by atoms with van der Waals surface area (Å²) < 4.78 is 3.19. The molecule has 0 spiro atoms. The number of hydrogen-bond donors (Lipinski definition) is 1. The first-order chi connectivity index (χ1) is 14.0. The minimum Gasteiger partial charge on any atom is -0.349 e. The Kier molecular flexibility index (Phi) is 5.12. The minimum absolute atomic E-state index is 0.0316. The monoisotopic (exact) mass is 390 g/mol. The number of fused-ring (bicyclic) bond motifs is 1. The van der Waals surface area contributed by atoms with E-state index in [0.717, 1.165) is 16.8 Å². The zero-order valence-corrected chi connectivity index (χ0v) is 16.2. The molecular weight excluding hydrogens is 368 g/mol. The molecule has 4 rings (SSSR count). The van der Waals surface area contributed by atoms with Gasteiger partial charge < -0.3 is 14.5 Å². The van der Waals surface area contributed by atoms with Crippen LogP contribution < -0.4 is 16.4 Å². The molecule has 0 aliphatic heterocycles. The molecule has 0 saturated carbocycles. The maximum Gasteiger partial charge on any atom is 0.263 e. The van der Waals surface area contributed by atoms with E-state index in [0.29, 0.717) is 25.8 Å². The number of amides is 1. The van der Waals surface area contributed by atoms with Crippen molar-refractivity contribution in [1.29, 1.82) is 0 Å². The molecule has 29 heavy (non-hydrogen) atoms. The lowest BCUT2D eigenvalue weighted by atomic mass is 9.91. The summed E-state index contributed by atoms with van der Waals surface area (Å²) in [7, 11) is 1.62.